The fraction of sp³-hybridized carbons (Fsp3) is 0.941. The van der Waals surface area contributed by atoms with E-state index >= 15 is 0 Å². The van der Waals surface area contributed by atoms with Gasteiger partial charge < -0.3 is 5.11 Å². The average Bonchev–Trinajstić information content (AvgIpc) is 2.89. The lowest BCUT2D eigenvalue weighted by Gasteiger charge is -2.28. The van der Waals surface area contributed by atoms with Crippen LogP contribution >= 0.6 is 0 Å². The van der Waals surface area contributed by atoms with Crippen molar-refractivity contribution >= 4 is 11.8 Å². The number of carboxylic acids is 1. The Hall–Kier alpha value is -0.860. The topological polar surface area (TPSA) is 54.4 Å². The highest BCUT2D eigenvalue weighted by Gasteiger charge is 2.43. The molecule has 3 nitrogen and oxygen atoms in total. The fourth-order valence-electron chi connectivity index (χ4n) is 5.69. The van der Waals surface area contributed by atoms with E-state index in [-0.39, 0.29) is 5.78 Å². The van der Waals surface area contributed by atoms with Crippen LogP contribution in [0.15, 0.2) is 0 Å². The van der Waals surface area contributed by atoms with E-state index in [1.165, 1.54) is 116 Å². The minimum Gasteiger partial charge on any atom is -0.480 e. The number of aliphatic carboxylic acids is 1. The first-order chi connectivity index (χ1) is 18.0. The van der Waals surface area contributed by atoms with Gasteiger partial charge in [-0.3, -0.25) is 9.59 Å². The van der Waals surface area contributed by atoms with Crippen LogP contribution in [0, 0.1) is 5.41 Å². The first-order valence-corrected chi connectivity index (χ1v) is 16.8. The zero-order valence-electron chi connectivity index (χ0n) is 25.6. The van der Waals surface area contributed by atoms with Gasteiger partial charge in [-0.1, -0.05) is 175 Å². The van der Waals surface area contributed by atoms with E-state index < -0.39 is 11.4 Å². The van der Waals surface area contributed by atoms with Crippen molar-refractivity contribution in [3.8, 4) is 0 Å². The van der Waals surface area contributed by atoms with Gasteiger partial charge in [0, 0.05) is 6.42 Å². The summed E-state index contributed by atoms with van der Waals surface area (Å²) in [5, 5.41) is 10.2. The first kappa shape index (κ1) is 36.1. The molecule has 0 amide bonds. The van der Waals surface area contributed by atoms with E-state index in [0.717, 1.165) is 44.9 Å². The molecule has 1 N–H and O–H groups in total. The summed E-state index contributed by atoms with van der Waals surface area (Å²) in [6.07, 6.45) is 32.0. The van der Waals surface area contributed by atoms with E-state index in [9.17, 15) is 14.7 Å². The molecule has 0 aliphatic heterocycles. The molecule has 0 spiro atoms. The summed E-state index contributed by atoms with van der Waals surface area (Å²) in [7, 11) is 0. The lowest BCUT2D eigenvalue weighted by atomic mass is 9.73. The molecule has 0 aromatic rings. The number of hydrogen-bond donors (Lipinski definition) is 1. The summed E-state index contributed by atoms with van der Waals surface area (Å²) < 4.78 is 0. The van der Waals surface area contributed by atoms with Crippen molar-refractivity contribution in [2.45, 2.75) is 201 Å². The summed E-state index contributed by atoms with van der Waals surface area (Å²) in [4.78, 5) is 25.7. The largest absolute Gasteiger partial charge is 0.480 e. The second kappa shape index (κ2) is 26.7. The van der Waals surface area contributed by atoms with Crippen LogP contribution in [-0.2, 0) is 9.59 Å². The van der Waals surface area contributed by atoms with E-state index in [4.69, 9.17) is 0 Å². The highest BCUT2D eigenvalue weighted by Crippen LogP contribution is 2.35. The molecular formula is C34H66O3. The Kier molecular flexibility index (Phi) is 26.1. The SMILES string of the molecule is CCCCCCCCCCCCCCCC(=O)C(CCCCC)(CCCCCCCCCCC)C(=O)O. The molecule has 0 rings (SSSR count). The summed E-state index contributed by atoms with van der Waals surface area (Å²) in [6, 6.07) is 0. The maximum absolute atomic E-state index is 13.3. The Morgan fingerprint density at radius 1 is 0.432 bits per heavy atom. The molecular weight excluding hydrogens is 456 g/mol. The molecule has 0 saturated heterocycles. The van der Waals surface area contributed by atoms with Crippen LogP contribution in [-0.4, -0.2) is 16.9 Å². The van der Waals surface area contributed by atoms with E-state index in [0.29, 0.717) is 19.3 Å². The first-order valence-electron chi connectivity index (χ1n) is 16.8. The maximum atomic E-state index is 13.3. The van der Waals surface area contributed by atoms with Gasteiger partial charge in [-0.15, -0.1) is 0 Å². The van der Waals surface area contributed by atoms with Crippen molar-refractivity contribution in [1.29, 1.82) is 0 Å². The summed E-state index contributed by atoms with van der Waals surface area (Å²) in [5.41, 5.74) is -1.13. The third-order valence-electron chi connectivity index (χ3n) is 8.36. The molecule has 3 heteroatoms. The molecule has 0 aliphatic carbocycles. The molecule has 0 fully saturated rings. The molecule has 0 aromatic carbocycles. The quantitative estimate of drug-likeness (QED) is 0.0753. The number of hydrogen-bond acceptors (Lipinski definition) is 2. The Bertz CT molecular complexity index is 515. The molecule has 220 valence electrons. The van der Waals surface area contributed by atoms with Crippen molar-refractivity contribution in [3.05, 3.63) is 0 Å². The summed E-state index contributed by atoms with van der Waals surface area (Å²) in [5.74, 6) is -0.846. The highest BCUT2D eigenvalue weighted by atomic mass is 16.4. The van der Waals surface area contributed by atoms with Crippen molar-refractivity contribution in [2.24, 2.45) is 5.41 Å². The number of rotatable bonds is 30. The Morgan fingerprint density at radius 3 is 1.05 bits per heavy atom. The number of unbranched alkanes of at least 4 members (excludes halogenated alkanes) is 22. The Labute approximate surface area is 232 Å². The normalized spacial score (nSPS) is 13.1. The van der Waals surface area contributed by atoms with Gasteiger partial charge in [0.2, 0.25) is 0 Å². The van der Waals surface area contributed by atoms with Gasteiger partial charge in [-0.2, -0.15) is 0 Å². The van der Waals surface area contributed by atoms with E-state index in [2.05, 4.69) is 20.8 Å². The van der Waals surface area contributed by atoms with Gasteiger partial charge in [0.1, 0.15) is 11.2 Å². The average molecular weight is 523 g/mol. The van der Waals surface area contributed by atoms with Crippen LogP contribution in [0.3, 0.4) is 0 Å². The molecule has 1 unspecified atom stereocenters. The minimum atomic E-state index is -1.13. The van der Waals surface area contributed by atoms with Crippen molar-refractivity contribution < 1.29 is 14.7 Å². The molecule has 0 aliphatic rings. The van der Waals surface area contributed by atoms with Crippen LogP contribution in [0.2, 0.25) is 0 Å². The third kappa shape index (κ3) is 19.8. The molecule has 0 bridgehead atoms. The number of Topliss-reactive ketones (excluding diaryl/α,β-unsaturated/α-hetero) is 1. The van der Waals surface area contributed by atoms with Crippen LogP contribution in [0.5, 0.6) is 0 Å². The number of carbonyl (C=O) groups is 2. The van der Waals surface area contributed by atoms with Crippen molar-refractivity contribution in [3.63, 3.8) is 0 Å². The van der Waals surface area contributed by atoms with Crippen LogP contribution in [0.1, 0.15) is 201 Å². The lowest BCUT2D eigenvalue weighted by molar-refractivity contribution is -0.156. The van der Waals surface area contributed by atoms with Crippen LogP contribution in [0.25, 0.3) is 0 Å². The Morgan fingerprint density at radius 2 is 0.703 bits per heavy atom. The second-order valence-corrected chi connectivity index (χ2v) is 11.8. The summed E-state index contributed by atoms with van der Waals surface area (Å²) in [6.45, 7) is 6.65. The van der Waals surface area contributed by atoms with E-state index in [1.54, 1.807) is 0 Å². The van der Waals surface area contributed by atoms with Gasteiger partial charge in [-0.25, -0.2) is 0 Å². The van der Waals surface area contributed by atoms with Gasteiger partial charge in [0.05, 0.1) is 0 Å². The number of carboxylic acid groups (broad SMARTS) is 1. The molecule has 0 heterocycles. The highest BCUT2D eigenvalue weighted by molar-refractivity contribution is 6.03. The molecule has 0 saturated carbocycles. The van der Waals surface area contributed by atoms with Crippen molar-refractivity contribution in [1.82, 2.24) is 0 Å². The monoisotopic (exact) mass is 523 g/mol. The van der Waals surface area contributed by atoms with E-state index in [1.807, 2.05) is 0 Å². The molecule has 37 heavy (non-hydrogen) atoms. The maximum Gasteiger partial charge on any atom is 0.317 e. The van der Waals surface area contributed by atoms with Crippen LogP contribution < -0.4 is 0 Å². The van der Waals surface area contributed by atoms with Gasteiger partial charge in [0.15, 0.2) is 0 Å². The zero-order chi connectivity index (χ0) is 27.5. The predicted octanol–water partition coefficient (Wildman–Crippen LogP) is 11.6. The van der Waals surface area contributed by atoms with Gasteiger partial charge in [0.25, 0.3) is 0 Å². The molecule has 0 aromatic heterocycles. The second-order valence-electron chi connectivity index (χ2n) is 11.8. The van der Waals surface area contributed by atoms with Crippen LogP contribution in [0.4, 0.5) is 0 Å². The smallest absolute Gasteiger partial charge is 0.317 e. The number of carbonyl (C=O) groups excluding carboxylic acids is 1. The summed E-state index contributed by atoms with van der Waals surface area (Å²) >= 11 is 0. The Balaban J connectivity index is 4.26. The predicted molar refractivity (Wildman–Crippen MR) is 161 cm³/mol. The van der Waals surface area contributed by atoms with Gasteiger partial charge >= 0.3 is 5.97 Å². The fourth-order valence-corrected chi connectivity index (χ4v) is 5.69. The standard InChI is InChI=1S/C34H66O3/c1-4-7-10-12-14-16-17-18-19-20-22-24-26-29-32(35)34(33(36)37,30-27-9-6-3)31-28-25-23-21-15-13-11-8-5-2/h4-31H2,1-3H3,(H,36,37). The molecule has 0 radical (unpaired) electrons. The lowest BCUT2D eigenvalue weighted by Crippen LogP contribution is -2.39. The minimum absolute atomic E-state index is 0.0127. The van der Waals surface area contributed by atoms with Crippen molar-refractivity contribution in [2.75, 3.05) is 0 Å². The third-order valence-corrected chi connectivity index (χ3v) is 8.36. The number of ketones is 1. The zero-order valence-corrected chi connectivity index (χ0v) is 25.6. The molecule has 1 atom stereocenters. The van der Waals surface area contributed by atoms with Gasteiger partial charge in [-0.05, 0) is 19.3 Å².